The summed E-state index contributed by atoms with van der Waals surface area (Å²) in [6.07, 6.45) is 28.8. The van der Waals surface area contributed by atoms with Crippen LogP contribution in [0.25, 0.3) is 0 Å². The van der Waals surface area contributed by atoms with Gasteiger partial charge in [-0.2, -0.15) is 0 Å². The molecule has 4 aliphatic carbocycles. The van der Waals surface area contributed by atoms with E-state index in [1.54, 1.807) is 17.6 Å². The van der Waals surface area contributed by atoms with Gasteiger partial charge in [0.1, 0.15) is 0 Å². The van der Waals surface area contributed by atoms with Crippen LogP contribution in [0.4, 0.5) is 0 Å². The van der Waals surface area contributed by atoms with Gasteiger partial charge in [0.2, 0.25) is 0 Å². The summed E-state index contributed by atoms with van der Waals surface area (Å²) in [6.45, 7) is 10.5. The molecule has 194 valence electrons. The fourth-order valence-corrected chi connectivity index (χ4v) is 8.62. The molecule has 0 bridgehead atoms. The molecule has 3 fully saturated rings. The van der Waals surface area contributed by atoms with Crippen LogP contribution in [-0.4, -0.2) is 19.3 Å². The second-order valence-corrected chi connectivity index (χ2v) is 13.3. The maximum atomic E-state index is 6.06. The number of nitrogens with zero attached hydrogens (tertiary/aromatic N) is 1. The topological polar surface area (TPSA) is 38.4 Å². The molecule has 0 spiro atoms. The largest absolute Gasteiger partial charge is 0.330 e. The minimum Gasteiger partial charge on any atom is -0.330 e. The van der Waals surface area contributed by atoms with E-state index in [0.29, 0.717) is 5.92 Å². The lowest BCUT2D eigenvalue weighted by Crippen LogP contribution is -2.26. The molecule has 2 nitrogen and oxygen atoms in total. The van der Waals surface area contributed by atoms with Crippen LogP contribution in [0.2, 0.25) is 0 Å². The quantitative estimate of drug-likeness (QED) is 0.267. The Bertz CT molecular complexity index is 843. The van der Waals surface area contributed by atoms with E-state index in [0.717, 1.165) is 48.1 Å². The van der Waals surface area contributed by atoms with E-state index in [1.165, 1.54) is 83.5 Å². The zero-order valence-electron chi connectivity index (χ0n) is 22.8. The minimum absolute atomic E-state index is 0.131. The number of aliphatic imine (C=N–C) groups is 1. The van der Waals surface area contributed by atoms with Crippen molar-refractivity contribution in [2.24, 2.45) is 57.1 Å². The smallest absolute Gasteiger partial charge is 0.0394 e. The summed E-state index contributed by atoms with van der Waals surface area (Å²) >= 11 is 0. The van der Waals surface area contributed by atoms with Gasteiger partial charge in [-0.3, -0.25) is 4.99 Å². The number of allylic oxidation sites excluding steroid dienone is 4. The van der Waals surface area contributed by atoms with Gasteiger partial charge in [-0.05, 0) is 111 Å². The van der Waals surface area contributed by atoms with E-state index in [1.807, 2.05) is 0 Å². The zero-order valence-corrected chi connectivity index (χ0v) is 22.8. The van der Waals surface area contributed by atoms with E-state index in [2.05, 4.69) is 49.9 Å². The summed E-state index contributed by atoms with van der Waals surface area (Å²) in [7, 11) is 0. The number of rotatable bonds is 13. The Morgan fingerprint density at radius 1 is 1.11 bits per heavy atom. The molecule has 5 rings (SSSR count). The fraction of sp³-hybridized carbons (Fsp3) is 0.788. The van der Waals surface area contributed by atoms with Crippen LogP contribution >= 0.6 is 0 Å². The van der Waals surface area contributed by atoms with Gasteiger partial charge in [0.15, 0.2) is 0 Å². The highest BCUT2D eigenvalue weighted by Gasteiger charge is 2.81. The average molecular weight is 477 g/mol. The highest BCUT2D eigenvalue weighted by atomic mass is 14.8. The maximum absolute atomic E-state index is 6.06. The van der Waals surface area contributed by atoms with Gasteiger partial charge in [0, 0.05) is 25.2 Å². The Hall–Kier alpha value is -1.15. The molecule has 5 aliphatic rings. The van der Waals surface area contributed by atoms with E-state index < -0.39 is 0 Å². The van der Waals surface area contributed by atoms with Crippen molar-refractivity contribution in [1.29, 1.82) is 0 Å². The lowest BCUT2D eigenvalue weighted by atomic mass is 9.70. The molecule has 0 aromatic carbocycles. The van der Waals surface area contributed by atoms with Gasteiger partial charge in [-0.1, -0.05) is 62.5 Å². The van der Waals surface area contributed by atoms with Crippen molar-refractivity contribution >= 4 is 6.21 Å². The summed E-state index contributed by atoms with van der Waals surface area (Å²) in [5.41, 5.74) is 10.4. The first kappa shape index (κ1) is 25.5. The number of hydrogen-bond acceptors (Lipinski definition) is 2. The predicted molar refractivity (Wildman–Crippen MR) is 151 cm³/mol. The summed E-state index contributed by atoms with van der Waals surface area (Å²) in [5.74, 6) is 5.70. The monoisotopic (exact) mass is 476 g/mol. The minimum atomic E-state index is 0.131. The first-order valence-electron chi connectivity index (χ1n) is 15.3. The number of unbranched alkanes of at least 4 members (excludes halogenated alkanes) is 1. The van der Waals surface area contributed by atoms with Gasteiger partial charge < -0.3 is 5.73 Å². The van der Waals surface area contributed by atoms with Crippen molar-refractivity contribution < 1.29 is 0 Å². The second-order valence-electron chi connectivity index (χ2n) is 13.3. The average Bonchev–Trinajstić information content (AvgIpc) is 3.69. The van der Waals surface area contributed by atoms with Crippen LogP contribution in [0.3, 0.4) is 0 Å². The first-order chi connectivity index (χ1) is 17.0. The van der Waals surface area contributed by atoms with Crippen LogP contribution in [0.5, 0.6) is 0 Å². The molecule has 0 amide bonds. The van der Waals surface area contributed by atoms with Crippen LogP contribution in [0, 0.1) is 46.3 Å². The molecule has 0 saturated heterocycles. The third-order valence-electron chi connectivity index (χ3n) is 11.3. The molecule has 1 aliphatic heterocycles. The molecule has 2 N–H and O–H groups in total. The molecule has 2 unspecified atom stereocenters. The summed E-state index contributed by atoms with van der Waals surface area (Å²) in [6, 6.07) is 0. The van der Waals surface area contributed by atoms with E-state index in [-0.39, 0.29) is 5.41 Å². The van der Waals surface area contributed by atoms with Gasteiger partial charge in [0.25, 0.3) is 0 Å². The molecule has 3 saturated carbocycles. The van der Waals surface area contributed by atoms with Crippen LogP contribution in [0.15, 0.2) is 40.9 Å². The van der Waals surface area contributed by atoms with E-state index in [4.69, 9.17) is 5.73 Å². The van der Waals surface area contributed by atoms with Crippen molar-refractivity contribution in [3.63, 3.8) is 0 Å². The lowest BCUT2D eigenvalue weighted by molar-refractivity contribution is 0.181. The molecule has 0 aromatic heterocycles. The summed E-state index contributed by atoms with van der Waals surface area (Å²) in [5, 5.41) is 0. The maximum Gasteiger partial charge on any atom is 0.0394 e. The van der Waals surface area contributed by atoms with Gasteiger partial charge in [0.05, 0.1) is 0 Å². The Morgan fingerprint density at radius 3 is 2.46 bits per heavy atom. The van der Waals surface area contributed by atoms with Crippen molar-refractivity contribution in [2.75, 3.05) is 13.1 Å². The molecular weight excluding hydrogens is 424 g/mol. The first-order valence-corrected chi connectivity index (χ1v) is 15.3. The van der Waals surface area contributed by atoms with Crippen LogP contribution in [0.1, 0.15) is 104 Å². The zero-order chi connectivity index (χ0) is 24.5. The van der Waals surface area contributed by atoms with Gasteiger partial charge in [-0.15, -0.1) is 6.58 Å². The van der Waals surface area contributed by atoms with Crippen LogP contribution in [-0.2, 0) is 0 Å². The predicted octanol–water partition coefficient (Wildman–Crippen LogP) is 8.29. The van der Waals surface area contributed by atoms with Crippen molar-refractivity contribution in [1.82, 2.24) is 0 Å². The molecular formula is C33H52N2. The molecule has 0 radical (unpaired) electrons. The third-order valence-corrected chi connectivity index (χ3v) is 11.3. The van der Waals surface area contributed by atoms with Gasteiger partial charge >= 0.3 is 0 Å². The highest BCUT2D eigenvalue weighted by molar-refractivity contribution is 5.67. The van der Waals surface area contributed by atoms with E-state index in [9.17, 15) is 0 Å². The molecule has 2 heteroatoms. The number of hydrogen-bond donors (Lipinski definition) is 1. The SMILES string of the molecule is C=C[C@@](C)(CN)CCCC(CCCC)[C@]12C[C@H]1[C@H]2C1CCC(C2=CC=C(C3C=NCC3)CC2)CC1. The normalized spacial score (nSPS) is 38.2. The van der Waals surface area contributed by atoms with Crippen molar-refractivity contribution in [3.8, 4) is 0 Å². The standard InChI is InChI=1S/C33H52N2/c1-4-6-8-29(9-7-19-32(3,5-2)23-34)33-21-30(33)31(33)27-16-14-25(15-17-27)24-10-12-26(13-11-24)28-18-20-35-22-28/h5,10,12,22,25,27-31H,2,4,6-9,11,13-21,23,34H2,1,3H3/t25?,27?,28?,29?,30-,31+,32+,33+/m0/s1. The number of nitrogens with two attached hydrogens (primary N) is 1. The number of fused-ring (bicyclic) bond motifs is 1. The Kier molecular flexibility index (Phi) is 7.78. The van der Waals surface area contributed by atoms with Gasteiger partial charge in [-0.25, -0.2) is 0 Å². The van der Waals surface area contributed by atoms with Crippen LogP contribution < -0.4 is 5.73 Å². The second kappa shape index (κ2) is 10.7. The summed E-state index contributed by atoms with van der Waals surface area (Å²) in [4.78, 5) is 4.46. The van der Waals surface area contributed by atoms with E-state index >= 15 is 0 Å². The van der Waals surface area contributed by atoms with Crippen molar-refractivity contribution in [3.05, 3.63) is 36.0 Å². The Balaban J connectivity index is 1.12. The molecule has 1 heterocycles. The Morgan fingerprint density at radius 2 is 1.86 bits per heavy atom. The fourth-order valence-electron chi connectivity index (χ4n) is 8.62. The molecule has 35 heavy (non-hydrogen) atoms. The summed E-state index contributed by atoms with van der Waals surface area (Å²) < 4.78 is 0. The van der Waals surface area contributed by atoms with Crippen molar-refractivity contribution in [2.45, 2.75) is 104 Å². The highest BCUT2D eigenvalue weighted by Crippen LogP contribution is 2.87. The molecule has 6 atom stereocenters. The third kappa shape index (κ3) is 5.16. The Labute approximate surface area is 216 Å². The lowest BCUT2D eigenvalue weighted by Gasteiger charge is -2.35. The molecule has 0 aromatic rings.